The summed E-state index contributed by atoms with van der Waals surface area (Å²) in [7, 11) is 0. The number of nitrogens with one attached hydrogen (secondary N) is 1. The molecule has 1 aromatic rings. The van der Waals surface area contributed by atoms with E-state index in [0.29, 0.717) is 11.4 Å². The highest BCUT2D eigenvalue weighted by molar-refractivity contribution is 6.18. The second-order valence-electron chi connectivity index (χ2n) is 5.19. The molecule has 1 amide bonds. The van der Waals surface area contributed by atoms with Gasteiger partial charge in [0.25, 0.3) is 5.91 Å². The topological polar surface area (TPSA) is 38.3 Å². The van der Waals surface area contributed by atoms with Crippen molar-refractivity contribution in [3.05, 3.63) is 29.8 Å². The summed E-state index contributed by atoms with van der Waals surface area (Å²) in [6.07, 6.45) is 0.913. The zero-order valence-corrected chi connectivity index (χ0v) is 12.8. The molecule has 0 fully saturated rings. The van der Waals surface area contributed by atoms with Crippen LogP contribution < -0.4 is 10.1 Å². The van der Waals surface area contributed by atoms with Crippen molar-refractivity contribution in [2.24, 2.45) is 0 Å². The zero-order chi connectivity index (χ0) is 14.5. The van der Waals surface area contributed by atoms with Crippen molar-refractivity contribution >= 4 is 17.5 Å². The molecule has 0 aromatic heterocycles. The summed E-state index contributed by atoms with van der Waals surface area (Å²) in [6, 6.07) is 7.13. The van der Waals surface area contributed by atoms with Gasteiger partial charge in [-0.15, -0.1) is 11.6 Å². The quantitative estimate of drug-likeness (QED) is 0.810. The van der Waals surface area contributed by atoms with E-state index in [-0.39, 0.29) is 17.6 Å². The lowest BCUT2D eigenvalue weighted by Gasteiger charge is -2.27. The van der Waals surface area contributed by atoms with Gasteiger partial charge in [-0.1, -0.05) is 6.92 Å². The summed E-state index contributed by atoms with van der Waals surface area (Å²) in [5.74, 6) is 1.05. The number of carbonyl (C=O) groups is 1. The Balaban J connectivity index is 2.73. The van der Waals surface area contributed by atoms with E-state index in [9.17, 15) is 4.79 Å². The van der Waals surface area contributed by atoms with Gasteiger partial charge in [0, 0.05) is 11.4 Å². The largest absolute Gasteiger partial charge is 0.491 e. The molecule has 1 rings (SSSR count). The minimum Gasteiger partial charge on any atom is -0.491 e. The second kappa shape index (κ2) is 6.80. The molecule has 1 aromatic carbocycles. The Morgan fingerprint density at radius 1 is 1.37 bits per heavy atom. The van der Waals surface area contributed by atoms with E-state index in [1.54, 1.807) is 24.3 Å². The molecule has 19 heavy (non-hydrogen) atoms. The third-order valence-corrected chi connectivity index (χ3v) is 3.57. The first-order valence-electron chi connectivity index (χ1n) is 6.55. The van der Waals surface area contributed by atoms with Crippen LogP contribution in [0.4, 0.5) is 0 Å². The Morgan fingerprint density at radius 2 is 1.95 bits per heavy atom. The fraction of sp³-hybridized carbons (Fsp3) is 0.533. The first-order valence-corrected chi connectivity index (χ1v) is 7.09. The van der Waals surface area contributed by atoms with Gasteiger partial charge in [0.2, 0.25) is 0 Å². The number of ether oxygens (including phenoxy) is 1. The van der Waals surface area contributed by atoms with E-state index in [1.165, 1.54) is 0 Å². The van der Waals surface area contributed by atoms with Gasteiger partial charge in [-0.3, -0.25) is 4.79 Å². The normalized spacial score (nSPS) is 14.0. The van der Waals surface area contributed by atoms with Gasteiger partial charge in [-0.05, 0) is 51.5 Å². The molecule has 0 saturated heterocycles. The molecule has 3 nitrogen and oxygen atoms in total. The Kier molecular flexibility index (Phi) is 5.67. The average Bonchev–Trinajstić information content (AvgIpc) is 2.38. The number of amides is 1. The van der Waals surface area contributed by atoms with Gasteiger partial charge < -0.3 is 10.1 Å². The molecule has 0 radical (unpaired) electrons. The molecule has 1 unspecified atom stereocenters. The van der Waals surface area contributed by atoms with Crippen LogP contribution in [0.15, 0.2) is 24.3 Å². The Bertz CT molecular complexity index is 411. The monoisotopic (exact) mass is 283 g/mol. The van der Waals surface area contributed by atoms with Crippen molar-refractivity contribution in [3.63, 3.8) is 0 Å². The number of rotatable bonds is 6. The van der Waals surface area contributed by atoms with Gasteiger partial charge >= 0.3 is 0 Å². The molecule has 0 aliphatic carbocycles. The first-order chi connectivity index (χ1) is 8.90. The highest BCUT2D eigenvalue weighted by Gasteiger charge is 2.23. The lowest BCUT2D eigenvalue weighted by atomic mass is 10.0. The predicted molar refractivity (Wildman–Crippen MR) is 79.1 cm³/mol. The minimum absolute atomic E-state index is 0.110. The maximum absolute atomic E-state index is 12.1. The molecule has 1 N–H and O–H groups in total. The van der Waals surface area contributed by atoms with Crippen molar-refractivity contribution in [3.8, 4) is 5.75 Å². The molecular formula is C15H22ClNO2. The number of carbonyl (C=O) groups excluding carboxylic acids is 1. The molecule has 0 aliphatic heterocycles. The molecule has 0 spiro atoms. The Labute approximate surface area is 120 Å². The molecule has 106 valence electrons. The van der Waals surface area contributed by atoms with Crippen molar-refractivity contribution in [2.75, 3.05) is 5.88 Å². The molecule has 1 atom stereocenters. The number of hydrogen-bond acceptors (Lipinski definition) is 2. The van der Waals surface area contributed by atoms with Crippen LogP contribution in [0.2, 0.25) is 0 Å². The SMILES string of the molecule is CCC(C)(CCl)NC(=O)c1ccc(OC(C)C)cc1. The standard InChI is InChI=1S/C15H22ClNO2/c1-5-15(4,10-16)17-14(18)12-6-8-13(9-7-12)19-11(2)3/h6-9,11H,5,10H2,1-4H3,(H,17,18). The van der Waals surface area contributed by atoms with Gasteiger partial charge in [0.1, 0.15) is 5.75 Å². The summed E-state index contributed by atoms with van der Waals surface area (Å²) >= 11 is 5.89. The van der Waals surface area contributed by atoms with Crippen LogP contribution in [-0.2, 0) is 0 Å². The maximum Gasteiger partial charge on any atom is 0.251 e. The zero-order valence-electron chi connectivity index (χ0n) is 12.0. The molecule has 4 heteroatoms. The van der Waals surface area contributed by atoms with Crippen LogP contribution in [0.1, 0.15) is 44.5 Å². The average molecular weight is 284 g/mol. The summed E-state index contributed by atoms with van der Waals surface area (Å²) in [4.78, 5) is 12.1. The summed E-state index contributed by atoms with van der Waals surface area (Å²) < 4.78 is 5.54. The molecule has 0 heterocycles. The van der Waals surface area contributed by atoms with Crippen molar-refractivity contribution in [2.45, 2.75) is 45.8 Å². The van der Waals surface area contributed by atoms with Crippen LogP contribution in [-0.4, -0.2) is 23.4 Å². The summed E-state index contributed by atoms with van der Waals surface area (Å²) in [5, 5.41) is 2.96. The van der Waals surface area contributed by atoms with Gasteiger partial charge in [0.05, 0.1) is 11.6 Å². The van der Waals surface area contributed by atoms with Crippen molar-refractivity contribution in [1.82, 2.24) is 5.32 Å². The minimum atomic E-state index is -0.369. The molecule has 0 bridgehead atoms. The maximum atomic E-state index is 12.1. The lowest BCUT2D eigenvalue weighted by molar-refractivity contribution is 0.0912. The van der Waals surface area contributed by atoms with Crippen LogP contribution in [0.3, 0.4) is 0 Å². The fourth-order valence-electron chi connectivity index (χ4n) is 1.52. The lowest BCUT2D eigenvalue weighted by Crippen LogP contribution is -2.47. The molecule has 0 saturated carbocycles. The van der Waals surface area contributed by atoms with Gasteiger partial charge in [-0.2, -0.15) is 0 Å². The smallest absolute Gasteiger partial charge is 0.251 e. The Hall–Kier alpha value is -1.22. The number of benzene rings is 1. The fourth-order valence-corrected chi connectivity index (χ4v) is 1.78. The van der Waals surface area contributed by atoms with E-state index in [2.05, 4.69) is 5.32 Å². The summed E-state index contributed by atoms with van der Waals surface area (Å²) in [5.41, 5.74) is 0.243. The highest BCUT2D eigenvalue weighted by atomic mass is 35.5. The van der Waals surface area contributed by atoms with Crippen LogP contribution in [0.5, 0.6) is 5.75 Å². The first kappa shape index (κ1) is 15.8. The van der Waals surface area contributed by atoms with E-state index in [4.69, 9.17) is 16.3 Å². The number of hydrogen-bond donors (Lipinski definition) is 1. The van der Waals surface area contributed by atoms with E-state index < -0.39 is 0 Å². The predicted octanol–water partition coefficient (Wildman–Crippen LogP) is 3.61. The highest BCUT2D eigenvalue weighted by Crippen LogP contribution is 2.16. The third kappa shape index (κ3) is 4.75. The van der Waals surface area contributed by atoms with Crippen LogP contribution in [0.25, 0.3) is 0 Å². The van der Waals surface area contributed by atoms with Gasteiger partial charge in [-0.25, -0.2) is 0 Å². The number of halogens is 1. The second-order valence-corrected chi connectivity index (χ2v) is 5.46. The molecular weight excluding hydrogens is 262 g/mol. The molecule has 0 aliphatic rings. The van der Waals surface area contributed by atoms with Crippen LogP contribution >= 0.6 is 11.6 Å². The van der Waals surface area contributed by atoms with E-state index >= 15 is 0 Å². The number of alkyl halides is 1. The van der Waals surface area contributed by atoms with Crippen molar-refractivity contribution in [1.29, 1.82) is 0 Å². The van der Waals surface area contributed by atoms with E-state index in [1.807, 2.05) is 27.7 Å². The third-order valence-electron chi connectivity index (χ3n) is 2.98. The Morgan fingerprint density at radius 3 is 2.37 bits per heavy atom. The van der Waals surface area contributed by atoms with Crippen molar-refractivity contribution < 1.29 is 9.53 Å². The van der Waals surface area contributed by atoms with Crippen LogP contribution in [0, 0.1) is 0 Å². The van der Waals surface area contributed by atoms with Gasteiger partial charge in [0.15, 0.2) is 0 Å². The summed E-state index contributed by atoms with van der Waals surface area (Å²) in [6.45, 7) is 7.87. The van der Waals surface area contributed by atoms with E-state index in [0.717, 1.165) is 12.2 Å².